The van der Waals surface area contributed by atoms with E-state index < -0.39 is 11.6 Å². The molecule has 1 aromatic carbocycles. The number of allylic oxidation sites excluding steroid dienone is 1. The van der Waals surface area contributed by atoms with E-state index in [1.165, 1.54) is 10.6 Å². The van der Waals surface area contributed by atoms with Crippen LogP contribution < -0.4 is 16.3 Å². The summed E-state index contributed by atoms with van der Waals surface area (Å²) in [5.41, 5.74) is 3.23. The molecule has 0 spiro atoms. The van der Waals surface area contributed by atoms with Crippen LogP contribution in [0, 0.1) is 0 Å². The highest BCUT2D eigenvalue weighted by atomic mass is 16.3. The molecule has 2 amide bonds. The molecule has 0 radical (unpaired) electrons. The van der Waals surface area contributed by atoms with E-state index in [0.29, 0.717) is 16.6 Å². The summed E-state index contributed by atoms with van der Waals surface area (Å²) in [6, 6.07) is 6.44. The standard InChI is InChI=1S/C15H14N4O3/c1-8-7-10(16-15(22)18-17-8)12-13(20)9-5-3-4-6-11(9)19(2)14(12)21/h3-7,20H,1-2H3,(H2,16,18,22). The molecular formula is C15H14N4O3. The van der Waals surface area contributed by atoms with Crippen LogP contribution in [0.15, 0.2) is 40.2 Å². The maximum absolute atomic E-state index is 12.6. The lowest BCUT2D eigenvalue weighted by molar-refractivity contribution is 0.245. The van der Waals surface area contributed by atoms with Gasteiger partial charge < -0.3 is 15.0 Å². The van der Waals surface area contributed by atoms with Gasteiger partial charge in [0.05, 0.1) is 16.9 Å². The minimum absolute atomic E-state index is 0.0350. The molecular weight excluding hydrogens is 284 g/mol. The number of benzene rings is 1. The minimum Gasteiger partial charge on any atom is -0.506 e. The Morgan fingerprint density at radius 2 is 1.95 bits per heavy atom. The number of para-hydroxylation sites is 1. The number of nitrogens with zero attached hydrogens (tertiary/aromatic N) is 2. The molecule has 7 nitrogen and oxygen atoms in total. The Morgan fingerprint density at radius 3 is 2.73 bits per heavy atom. The maximum Gasteiger partial charge on any atom is 0.339 e. The van der Waals surface area contributed by atoms with Gasteiger partial charge in [0.15, 0.2) is 0 Å². The quantitative estimate of drug-likeness (QED) is 0.740. The lowest BCUT2D eigenvalue weighted by atomic mass is 10.1. The normalized spacial score (nSPS) is 14.7. The van der Waals surface area contributed by atoms with Crippen molar-refractivity contribution < 1.29 is 9.90 Å². The van der Waals surface area contributed by atoms with E-state index in [0.717, 1.165) is 0 Å². The summed E-state index contributed by atoms with van der Waals surface area (Å²) in [6.07, 6.45) is 1.53. The van der Waals surface area contributed by atoms with Gasteiger partial charge in [0, 0.05) is 12.4 Å². The first-order valence-corrected chi connectivity index (χ1v) is 6.63. The zero-order chi connectivity index (χ0) is 15.9. The highest BCUT2D eigenvalue weighted by Crippen LogP contribution is 2.29. The third-order valence-electron chi connectivity index (χ3n) is 3.48. The van der Waals surface area contributed by atoms with Crippen LogP contribution in [-0.2, 0) is 7.05 Å². The molecule has 0 atom stereocenters. The van der Waals surface area contributed by atoms with E-state index in [1.807, 2.05) is 0 Å². The predicted molar refractivity (Wildman–Crippen MR) is 83.6 cm³/mol. The number of urea groups is 1. The Bertz CT molecular complexity index is 909. The van der Waals surface area contributed by atoms with E-state index >= 15 is 0 Å². The smallest absolute Gasteiger partial charge is 0.339 e. The lowest BCUT2D eigenvalue weighted by Gasteiger charge is -2.13. The average Bonchev–Trinajstić information content (AvgIpc) is 2.66. The van der Waals surface area contributed by atoms with Crippen LogP contribution in [0.25, 0.3) is 16.6 Å². The summed E-state index contributed by atoms with van der Waals surface area (Å²) in [4.78, 5) is 24.2. The number of carbonyl (C=O) groups is 1. The molecule has 1 aliphatic heterocycles. The molecule has 0 saturated carbocycles. The second-order valence-corrected chi connectivity index (χ2v) is 4.98. The third kappa shape index (κ3) is 2.12. The van der Waals surface area contributed by atoms with Gasteiger partial charge in [0.1, 0.15) is 11.3 Å². The molecule has 22 heavy (non-hydrogen) atoms. The minimum atomic E-state index is -0.572. The zero-order valence-electron chi connectivity index (χ0n) is 12.0. The molecule has 0 saturated heterocycles. The third-order valence-corrected chi connectivity index (χ3v) is 3.48. The molecule has 3 N–H and O–H groups in total. The Hall–Kier alpha value is -3.09. The van der Waals surface area contributed by atoms with Gasteiger partial charge in [-0.3, -0.25) is 4.79 Å². The molecule has 1 aliphatic rings. The van der Waals surface area contributed by atoms with Crippen LogP contribution in [0.4, 0.5) is 4.79 Å². The number of pyridine rings is 1. The van der Waals surface area contributed by atoms with E-state index in [9.17, 15) is 14.7 Å². The number of aromatic hydroxyl groups is 1. The molecule has 0 bridgehead atoms. The summed E-state index contributed by atoms with van der Waals surface area (Å²) >= 11 is 0. The lowest BCUT2D eigenvalue weighted by Crippen LogP contribution is -2.32. The summed E-state index contributed by atoms with van der Waals surface area (Å²) < 4.78 is 1.43. The van der Waals surface area contributed by atoms with Crippen LogP contribution in [0.5, 0.6) is 5.75 Å². The topological polar surface area (TPSA) is 95.7 Å². The van der Waals surface area contributed by atoms with E-state index in [4.69, 9.17) is 0 Å². The van der Waals surface area contributed by atoms with Crippen molar-refractivity contribution in [2.45, 2.75) is 6.92 Å². The highest BCUT2D eigenvalue weighted by molar-refractivity contribution is 6.05. The first-order chi connectivity index (χ1) is 10.5. The van der Waals surface area contributed by atoms with Gasteiger partial charge in [-0.15, -0.1) is 0 Å². The number of rotatable bonds is 1. The van der Waals surface area contributed by atoms with Crippen molar-refractivity contribution in [3.8, 4) is 5.75 Å². The molecule has 3 rings (SSSR count). The Kier molecular flexibility index (Phi) is 3.17. The fraction of sp³-hybridized carbons (Fsp3) is 0.133. The number of hydrogen-bond donors (Lipinski definition) is 3. The van der Waals surface area contributed by atoms with Crippen molar-refractivity contribution in [3.63, 3.8) is 0 Å². The predicted octanol–water partition coefficient (Wildman–Crippen LogP) is 1.27. The van der Waals surface area contributed by atoms with Crippen molar-refractivity contribution in [3.05, 3.63) is 46.3 Å². The van der Waals surface area contributed by atoms with Crippen LogP contribution in [-0.4, -0.2) is 21.4 Å². The fourth-order valence-corrected chi connectivity index (χ4v) is 2.42. The molecule has 2 heterocycles. The first-order valence-electron chi connectivity index (χ1n) is 6.63. The average molecular weight is 298 g/mol. The van der Waals surface area contributed by atoms with Crippen molar-refractivity contribution in [1.29, 1.82) is 0 Å². The van der Waals surface area contributed by atoms with E-state index in [1.54, 1.807) is 38.2 Å². The molecule has 112 valence electrons. The van der Waals surface area contributed by atoms with E-state index in [-0.39, 0.29) is 17.0 Å². The summed E-state index contributed by atoms with van der Waals surface area (Å²) in [6.45, 7) is 1.68. The van der Waals surface area contributed by atoms with Gasteiger partial charge in [-0.25, -0.2) is 10.2 Å². The molecule has 7 heteroatoms. The summed E-state index contributed by atoms with van der Waals surface area (Å²) in [5, 5.41) is 17.4. The second kappa shape index (κ2) is 5.03. The number of carbonyl (C=O) groups excluding carboxylic acids is 1. The molecule has 0 unspecified atom stereocenters. The second-order valence-electron chi connectivity index (χ2n) is 4.98. The van der Waals surface area contributed by atoms with Crippen LogP contribution in [0.1, 0.15) is 12.5 Å². The summed E-state index contributed by atoms with van der Waals surface area (Å²) in [5.74, 6) is -0.167. The fourth-order valence-electron chi connectivity index (χ4n) is 2.42. The van der Waals surface area contributed by atoms with Crippen molar-refractivity contribution in [2.75, 3.05) is 0 Å². The number of nitrogens with one attached hydrogen (secondary N) is 2. The van der Waals surface area contributed by atoms with Crippen LogP contribution in [0.2, 0.25) is 0 Å². The summed E-state index contributed by atoms with van der Waals surface area (Å²) in [7, 11) is 1.62. The highest BCUT2D eigenvalue weighted by Gasteiger charge is 2.21. The van der Waals surface area contributed by atoms with Crippen LogP contribution in [0.3, 0.4) is 0 Å². The van der Waals surface area contributed by atoms with Gasteiger partial charge in [-0.1, -0.05) is 12.1 Å². The first kappa shape index (κ1) is 13.9. The molecule has 0 fully saturated rings. The number of fused-ring (bicyclic) bond motifs is 1. The molecule has 0 aliphatic carbocycles. The number of hydrazone groups is 1. The molecule has 1 aromatic heterocycles. The number of aryl methyl sites for hydroxylation is 1. The van der Waals surface area contributed by atoms with Crippen molar-refractivity contribution in [2.24, 2.45) is 12.1 Å². The Balaban J connectivity index is 2.34. The SMILES string of the molecule is CC1=NNC(=O)NC(c2c(O)c3ccccc3n(C)c2=O)=C1. The van der Waals surface area contributed by atoms with Gasteiger partial charge in [-0.05, 0) is 25.1 Å². The maximum atomic E-state index is 12.6. The van der Waals surface area contributed by atoms with Gasteiger partial charge >= 0.3 is 6.03 Å². The largest absolute Gasteiger partial charge is 0.506 e. The Morgan fingerprint density at radius 1 is 1.23 bits per heavy atom. The van der Waals surface area contributed by atoms with Crippen molar-refractivity contribution in [1.82, 2.24) is 15.3 Å². The zero-order valence-corrected chi connectivity index (χ0v) is 12.0. The van der Waals surface area contributed by atoms with Gasteiger partial charge in [-0.2, -0.15) is 5.10 Å². The van der Waals surface area contributed by atoms with Crippen LogP contribution >= 0.6 is 0 Å². The van der Waals surface area contributed by atoms with E-state index in [2.05, 4.69) is 15.8 Å². The van der Waals surface area contributed by atoms with Crippen molar-refractivity contribution >= 4 is 28.3 Å². The van der Waals surface area contributed by atoms with Gasteiger partial charge in [0.25, 0.3) is 5.56 Å². The number of hydrogen-bond acceptors (Lipinski definition) is 4. The van der Waals surface area contributed by atoms with Gasteiger partial charge in [0.2, 0.25) is 0 Å². The monoisotopic (exact) mass is 298 g/mol. The Labute approximate surface area is 125 Å². The number of aromatic nitrogens is 1. The molecule has 2 aromatic rings. The number of amides is 2.